The molecule has 4 aromatic rings. The Morgan fingerprint density at radius 3 is 2.78 bits per heavy atom. The van der Waals surface area contributed by atoms with Crippen LogP contribution in [0.2, 0.25) is 0 Å². The van der Waals surface area contributed by atoms with Gasteiger partial charge in [0.15, 0.2) is 23.0 Å². The second kappa shape index (κ2) is 9.47. The third-order valence-corrected chi connectivity index (χ3v) is 6.24. The molecule has 2 N–H and O–H groups in total. The van der Waals surface area contributed by atoms with Gasteiger partial charge < -0.3 is 15.2 Å². The average molecular weight is 518 g/mol. The SMILES string of the molecule is CCOc1cc2nc(-c3nnc4ccc([C@@H](N5CC[C@H](NC(=O)O)C5)C(F)(F)F)cn34)ccc2cc1F. The van der Waals surface area contributed by atoms with Crippen molar-refractivity contribution in [2.24, 2.45) is 0 Å². The maximum Gasteiger partial charge on any atom is 0.408 e. The topological polar surface area (TPSA) is 105 Å². The van der Waals surface area contributed by atoms with E-state index in [9.17, 15) is 22.4 Å². The number of carboxylic acid groups (broad SMARTS) is 1. The fourth-order valence-corrected chi connectivity index (χ4v) is 4.68. The molecule has 194 valence electrons. The standard InChI is InChI=1S/C24H22F4N6O3/c1-2-37-19-10-18-13(9-16(19)25)3-5-17(30-18)22-32-31-20-6-4-14(11-34(20)22)21(24(26,27)28)33-8-7-15(12-33)29-23(35)36/h3-6,9-11,15,21,29H,2,7-8,12H2,1H3,(H,35,36)/t15-,21+/m0/s1. The molecule has 4 heterocycles. The lowest BCUT2D eigenvalue weighted by Gasteiger charge is -2.30. The van der Waals surface area contributed by atoms with Crippen molar-refractivity contribution in [3.63, 3.8) is 0 Å². The number of nitrogens with one attached hydrogen (secondary N) is 1. The largest absolute Gasteiger partial charge is 0.491 e. The van der Waals surface area contributed by atoms with Gasteiger partial charge in [-0.2, -0.15) is 13.2 Å². The molecule has 0 aliphatic carbocycles. The number of rotatable bonds is 6. The maximum atomic E-state index is 14.2. The predicted octanol–water partition coefficient (Wildman–Crippen LogP) is 4.43. The molecule has 5 rings (SSSR count). The number of alkyl halides is 3. The highest BCUT2D eigenvalue weighted by atomic mass is 19.4. The Morgan fingerprint density at radius 1 is 1.24 bits per heavy atom. The molecule has 37 heavy (non-hydrogen) atoms. The van der Waals surface area contributed by atoms with Crippen molar-refractivity contribution < 1.29 is 32.2 Å². The summed E-state index contributed by atoms with van der Waals surface area (Å²) in [6, 6.07) is 6.23. The molecule has 13 heteroatoms. The highest BCUT2D eigenvalue weighted by Gasteiger charge is 2.47. The van der Waals surface area contributed by atoms with Crippen molar-refractivity contribution in [2.75, 3.05) is 19.7 Å². The molecule has 9 nitrogen and oxygen atoms in total. The van der Waals surface area contributed by atoms with Crippen LogP contribution in [0.5, 0.6) is 5.75 Å². The number of amides is 1. The second-order valence-electron chi connectivity index (χ2n) is 8.69. The van der Waals surface area contributed by atoms with Crippen LogP contribution in [0.1, 0.15) is 24.9 Å². The molecule has 0 spiro atoms. The minimum absolute atomic E-state index is 0.0430. The number of fused-ring (bicyclic) bond motifs is 2. The first kappa shape index (κ1) is 24.7. The molecule has 1 aromatic carbocycles. The van der Waals surface area contributed by atoms with Crippen LogP contribution in [0.3, 0.4) is 0 Å². The van der Waals surface area contributed by atoms with Crippen LogP contribution in [0.15, 0.2) is 42.6 Å². The molecule has 1 amide bonds. The van der Waals surface area contributed by atoms with Gasteiger partial charge in [-0.1, -0.05) is 12.1 Å². The average Bonchev–Trinajstić information content (AvgIpc) is 3.45. The van der Waals surface area contributed by atoms with Crippen LogP contribution in [0, 0.1) is 5.82 Å². The van der Waals surface area contributed by atoms with Crippen LogP contribution in [0.4, 0.5) is 22.4 Å². The minimum Gasteiger partial charge on any atom is -0.491 e. The Bertz CT molecular complexity index is 1470. The summed E-state index contributed by atoms with van der Waals surface area (Å²) in [5, 5.41) is 19.9. The number of ether oxygens (including phenoxy) is 1. The summed E-state index contributed by atoms with van der Waals surface area (Å²) in [4.78, 5) is 16.7. The van der Waals surface area contributed by atoms with Crippen molar-refractivity contribution in [3.8, 4) is 17.3 Å². The van der Waals surface area contributed by atoms with Crippen molar-refractivity contribution in [2.45, 2.75) is 31.6 Å². The van der Waals surface area contributed by atoms with Gasteiger partial charge in [0.1, 0.15) is 11.7 Å². The van der Waals surface area contributed by atoms with E-state index in [1.165, 1.54) is 39.8 Å². The van der Waals surface area contributed by atoms with Gasteiger partial charge in [-0.05, 0) is 37.1 Å². The van der Waals surface area contributed by atoms with Crippen LogP contribution in [0.25, 0.3) is 28.1 Å². The van der Waals surface area contributed by atoms with Crippen molar-refractivity contribution in [1.29, 1.82) is 0 Å². The number of benzene rings is 1. The first-order chi connectivity index (χ1) is 17.6. The molecule has 0 saturated carbocycles. The first-order valence-corrected chi connectivity index (χ1v) is 11.5. The summed E-state index contributed by atoms with van der Waals surface area (Å²) in [7, 11) is 0. The van der Waals surface area contributed by atoms with E-state index < -0.39 is 30.2 Å². The van der Waals surface area contributed by atoms with E-state index in [0.717, 1.165) is 0 Å². The Hall–Kier alpha value is -4.00. The number of halogens is 4. The molecule has 1 aliphatic heterocycles. The molecule has 1 fully saturated rings. The molecule has 0 radical (unpaired) electrons. The van der Waals surface area contributed by atoms with Gasteiger partial charge in [-0.25, -0.2) is 14.2 Å². The number of hydrogen-bond acceptors (Lipinski definition) is 6. The molecule has 0 bridgehead atoms. The number of hydrogen-bond donors (Lipinski definition) is 2. The fraction of sp³-hybridized carbons (Fsp3) is 0.333. The summed E-state index contributed by atoms with van der Waals surface area (Å²) >= 11 is 0. The van der Waals surface area contributed by atoms with Crippen molar-refractivity contribution >= 4 is 22.6 Å². The number of nitrogens with zero attached hydrogens (tertiary/aromatic N) is 5. The van der Waals surface area contributed by atoms with Gasteiger partial charge in [0.05, 0.1) is 12.1 Å². The van der Waals surface area contributed by atoms with Gasteiger partial charge in [-0.3, -0.25) is 9.30 Å². The monoisotopic (exact) mass is 518 g/mol. The van der Waals surface area contributed by atoms with Gasteiger partial charge in [0.25, 0.3) is 0 Å². The third-order valence-electron chi connectivity index (χ3n) is 6.24. The van der Waals surface area contributed by atoms with E-state index in [-0.39, 0.29) is 43.3 Å². The summed E-state index contributed by atoms with van der Waals surface area (Å²) < 4.78 is 63.6. The summed E-state index contributed by atoms with van der Waals surface area (Å²) in [5.74, 6) is -0.265. The summed E-state index contributed by atoms with van der Waals surface area (Å²) in [6.07, 6.45) is -4.29. The maximum absolute atomic E-state index is 14.2. The van der Waals surface area contributed by atoms with Crippen molar-refractivity contribution in [1.82, 2.24) is 29.8 Å². The van der Waals surface area contributed by atoms with Gasteiger partial charge >= 0.3 is 12.3 Å². The zero-order valence-corrected chi connectivity index (χ0v) is 19.5. The van der Waals surface area contributed by atoms with Crippen LogP contribution in [-0.2, 0) is 0 Å². The summed E-state index contributed by atoms with van der Waals surface area (Å²) in [6.45, 7) is 2.00. The highest BCUT2D eigenvalue weighted by Crippen LogP contribution is 2.40. The molecular formula is C24H22F4N6O3. The lowest BCUT2D eigenvalue weighted by Crippen LogP contribution is -2.40. The zero-order chi connectivity index (χ0) is 26.3. The number of aromatic nitrogens is 4. The predicted molar refractivity (Wildman–Crippen MR) is 125 cm³/mol. The van der Waals surface area contributed by atoms with Gasteiger partial charge in [-0.15, -0.1) is 10.2 Å². The van der Waals surface area contributed by atoms with E-state index in [1.807, 2.05) is 0 Å². The number of likely N-dealkylation sites (tertiary alicyclic amines) is 1. The fourth-order valence-electron chi connectivity index (χ4n) is 4.68. The first-order valence-electron chi connectivity index (χ1n) is 11.5. The Labute approximate surface area is 207 Å². The second-order valence-corrected chi connectivity index (χ2v) is 8.69. The van der Waals surface area contributed by atoms with E-state index in [1.54, 1.807) is 19.1 Å². The molecule has 1 saturated heterocycles. The Kier molecular flexibility index (Phi) is 6.31. The third kappa shape index (κ3) is 4.86. The van der Waals surface area contributed by atoms with Gasteiger partial charge in [0, 0.05) is 36.8 Å². The molecule has 2 atom stereocenters. The summed E-state index contributed by atoms with van der Waals surface area (Å²) in [5.41, 5.74) is 1.04. The van der Waals surface area contributed by atoms with Gasteiger partial charge in [0.2, 0.25) is 0 Å². The van der Waals surface area contributed by atoms with Crippen LogP contribution in [-0.4, -0.2) is 67.6 Å². The van der Waals surface area contributed by atoms with E-state index in [4.69, 9.17) is 9.84 Å². The smallest absolute Gasteiger partial charge is 0.408 e. The molecule has 0 unspecified atom stereocenters. The van der Waals surface area contributed by atoms with E-state index in [2.05, 4.69) is 20.5 Å². The molecular weight excluding hydrogens is 496 g/mol. The Morgan fingerprint density at radius 2 is 2.05 bits per heavy atom. The van der Waals surface area contributed by atoms with E-state index in [0.29, 0.717) is 22.2 Å². The lowest BCUT2D eigenvalue weighted by molar-refractivity contribution is -0.184. The van der Waals surface area contributed by atoms with Crippen LogP contribution >= 0.6 is 0 Å². The lowest BCUT2D eigenvalue weighted by atomic mass is 10.1. The normalized spacial score (nSPS) is 17.4. The highest BCUT2D eigenvalue weighted by molar-refractivity contribution is 5.82. The van der Waals surface area contributed by atoms with Crippen molar-refractivity contribution in [3.05, 3.63) is 54.0 Å². The molecule has 3 aromatic heterocycles. The number of pyridine rings is 2. The number of carbonyl (C=O) groups is 1. The van der Waals surface area contributed by atoms with E-state index >= 15 is 0 Å². The molecule has 1 aliphatic rings. The minimum atomic E-state index is -4.61. The Balaban J connectivity index is 1.54. The zero-order valence-electron chi connectivity index (χ0n) is 19.5. The van der Waals surface area contributed by atoms with Crippen LogP contribution < -0.4 is 10.1 Å². The quantitative estimate of drug-likeness (QED) is 0.364.